The molecule has 4 amide bonds. The molecule has 2 aromatic carbocycles. The normalized spacial score (nSPS) is 18.0. The van der Waals surface area contributed by atoms with E-state index in [2.05, 4.69) is 20.8 Å². The van der Waals surface area contributed by atoms with Crippen LogP contribution in [0.15, 0.2) is 64.8 Å². The van der Waals surface area contributed by atoms with Crippen LogP contribution < -0.4 is 10.6 Å². The number of piperidine rings is 1. The minimum absolute atomic E-state index is 0.0126. The molecule has 10 heteroatoms. The molecule has 2 aliphatic heterocycles. The predicted molar refractivity (Wildman–Crippen MR) is 123 cm³/mol. The summed E-state index contributed by atoms with van der Waals surface area (Å²) in [5, 5.41) is 9.01. The van der Waals surface area contributed by atoms with Gasteiger partial charge in [0, 0.05) is 18.1 Å². The molecular formula is C25H21N5O5. The molecular weight excluding hydrogens is 450 g/mol. The molecule has 0 saturated carbocycles. The highest BCUT2D eigenvalue weighted by molar-refractivity contribution is 6.18. The monoisotopic (exact) mass is 471 g/mol. The third kappa shape index (κ3) is 4.45. The molecule has 3 aromatic rings. The molecule has 2 N–H and O–H groups in total. The lowest BCUT2D eigenvalue weighted by molar-refractivity contribution is -0.149. The van der Waals surface area contributed by atoms with Crippen LogP contribution in [0.5, 0.6) is 0 Å². The van der Waals surface area contributed by atoms with Gasteiger partial charge in [0.15, 0.2) is 0 Å². The second-order valence-corrected chi connectivity index (χ2v) is 8.35. The molecule has 5 rings (SSSR count). The van der Waals surface area contributed by atoms with Crippen molar-refractivity contribution in [2.45, 2.75) is 32.4 Å². The predicted octanol–water partition coefficient (Wildman–Crippen LogP) is 1.86. The molecule has 176 valence electrons. The van der Waals surface area contributed by atoms with E-state index in [4.69, 9.17) is 4.52 Å². The van der Waals surface area contributed by atoms with Gasteiger partial charge in [-0.05, 0) is 30.5 Å². The zero-order chi connectivity index (χ0) is 24.5. The number of hydrogen-bond donors (Lipinski definition) is 2. The highest BCUT2D eigenvalue weighted by Gasteiger charge is 2.42. The smallest absolute Gasteiger partial charge is 0.277 e. The number of hydrogen-bond acceptors (Lipinski definition) is 8. The van der Waals surface area contributed by atoms with Crippen LogP contribution >= 0.6 is 0 Å². The second kappa shape index (κ2) is 8.98. The molecule has 0 spiro atoms. The van der Waals surface area contributed by atoms with Crippen molar-refractivity contribution in [3.63, 3.8) is 0 Å². The molecule has 1 aromatic heterocycles. The fourth-order valence-corrected chi connectivity index (χ4v) is 4.03. The molecule has 10 nitrogen and oxygen atoms in total. The summed E-state index contributed by atoms with van der Waals surface area (Å²) in [4.78, 5) is 53.8. The zero-order valence-corrected chi connectivity index (χ0v) is 18.8. The summed E-state index contributed by atoms with van der Waals surface area (Å²) in [5.41, 5.74) is 4.05. The van der Waals surface area contributed by atoms with Gasteiger partial charge < -0.3 is 9.84 Å². The van der Waals surface area contributed by atoms with Crippen molar-refractivity contribution in [1.82, 2.24) is 25.7 Å². The van der Waals surface area contributed by atoms with E-state index in [1.165, 1.54) is 5.56 Å². The Morgan fingerprint density at radius 3 is 2.60 bits per heavy atom. The fourth-order valence-electron chi connectivity index (χ4n) is 4.03. The maximum Gasteiger partial charge on any atom is 0.277 e. The molecule has 1 saturated heterocycles. The Morgan fingerprint density at radius 2 is 1.83 bits per heavy atom. The summed E-state index contributed by atoms with van der Waals surface area (Å²) < 4.78 is 5.31. The van der Waals surface area contributed by atoms with E-state index in [1.807, 2.05) is 55.5 Å². The first-order chi connectivity index (χ1) is 16.9. The molecule has 0 bridgehead atoms. The van der Waals surface area contributed by atoms with Crippen molar-refractivity contribution >= 4 is 23.6 Å². The lowest BCUT2D eigenvalue weighted by Crippen LogP contribution is -2.54. The van der Waals surface area contributed by atoms with Gasteiger partial charge in [0.05, 0.1) is 6.54 Å². The van der Waals surface area contributed by atoms with Gasteiger partial charge in [-0.15, -0.1) is 0 Å². The lowest BCUT2D eigenvalue weighted by Gasteiger charge is -2.28. The minimum Gasteiger partial charge on any atom is -0.371 e. The SMILES string of the molecule is Cc1ccc(-c2cccc(-c3noc(CNC4=CC(=O)N(C5CCC(=O)NC5=O)C4=O)n3)c2)cc1. The fraction of sp³-hybridized carbons (Fsp3) is 0.200. The molecule has 1 fully saturated rings. The number of nitrogens with zero attached hydrogens (tertiary/aromatic N) is 3. The average molecular weight is 471 g/mol. The highest BCUT2D eigenvalue weighted by Crippen LogP contribution is 2.25. The number of aromatic nitrogens is 2. The number of benzene rings is 2. The number of nitrogens with one attached hydrogen (secondary N) is 2. The molecule has 0 radical (unpaired) electrons. The summed E-state index contributed by atoms with van der Waals surface area (Å²) in [6.45, 7) is 2.05. The van der Waals surface area contributed by atoms with Gasteiger partial charge in [-0.1, -0.05) is 53.2 Å². The Kier molecular flexibility index (Phi) is 5.69. The topological polar surface area (TPSA) is 134 Å². The Balaban J connectivity index is 1.25. The first-order valence-corrected chi connectivity index (χ1v) is 11.1. The number of carbonyl (C=O) groups is 4. The minimum atomic E-state index is -1.01. The first kappa shape index (κ1) is 22.2. The van der Waals surface area contributed by atoms with E-state index in [0.29, 0.717) is 5.82 Å². The van der Waals surface area contributed by atoms with E-state index in [0.717, 1.165) is 27.7 Å². The number of amides is 4. The number of carbonyl (C=O) groups excluding carboxylic acids is 4. The van der Waals surface area contributed by atoms with E-state index in [1.54, 1.807) is 0 Å². The summed E-state index contributed by atoms with van der Waals surface area (Å²) >= 11 is 0. The molecule has 3 heterocycles. The van der Waals surface area contributed by atoms with E-state index in [-0.39, 0.29) is 31.0 Å². The highest BCUT2D eigenvalue weighted by atomic mass is 16.5. The Hall–Kier alpha value is -4.60. The van der Waals surface area contributed by atoms with Crippen molar-refractivity contribution in [2.75, 3.05) is 0 Å². The first-order valence-electron chi connectivity index (χ1n) is 11.1. The van der Waals surface area contributed by atoms with Gasteiger partial charge in [0.1, 0.15) is 11.7 Å². The van der Waals surface area contributed by atoms with Crippen molar-refractivity contribution in [2.24, 2.45) is 0 Å². The Labute approximate surface area is 200 Å². The summed E-state index contributed by atoms with van der Waals surface area (Å²) in [6.07, 6.45) is 1.28. The van der Waals surface area contributed by atoms with Crippen LogP contribution in [0.4, 0.5) is 0 Å². The van der Waals surface area contributed by atoms with Gasteiger partial charge in [-0.3, -0.25) is 29.4 Å². The Morgan fingerprint density at radius 1 is 1.06 bits per heavy atom. The van der Waals surface area contributed by atoms with E-state index in [9.17, 15) is 19.2 Å². The van der Waals surface area contributed by atoms with Crippen molar-refractivity contribution in [3.8, 4) is 22.5 Å². The van der Waals surface area contributed by atoms with Gasteiger partial charge >= 0.3 is 0 Å². The number of aryl methyl sites for hydroxylation is 1. The Bertz CT molecular complexity index is 1370. The molecule has 0 aliphatic carbocycles. The third-order valence-electron chi connectivity index (χ3n) is 5.88. The number of rotatable bonds is 6. The zero-order valence-electron chi connectivity index (χ0n) is 18.8. The molecule has 2 aliphatic rings. The van der Waals surface area contributed by atoms with Gasteiger partial charge in [-0.25, -0.2) is 0 Å². The summed E-state index contributed by atoms with van der Waals surface area (Å²) in [6, 6.07) is 14.9. The van der Waals surface area contributed by atoms with Crippen molar-refractivity contribution in [3.05, 3.63) is 71.8 Å². The maximum atomic E-state index is 12.7. The van der Waals surface area contributed by atoms with Gasteiger partial charge in [-0.2, -0.15) is 4.98 Å². The number of imide groups is 2. The van der Waals surface area contributed by atoms with E-state index < -0.39 is 29.7 Å². The van der Waals surface area contributed by atoms with Crippen LogP contribution in [0, 0.1) is 6.92 Å². The largest absolute Gasteiger partial charge is 0.371 e. The quantitative estimate of drug-likeness (QED) is 0.520. The van der Waals surface area contributed by atoms with Crippen LogP contribution in [0.2, 0.25) is 0 Å². The van der Waals surface area contributed by atoms with E-state index >= 15 is 0 Å². The lowest BCUT2D eigenvalue weighted by atomic mass is 10.0. The van der Waals surface area contributed by atoms with Gasteiger partial charge in [0.2, 0.25) is 23.5 Å². The van der Waals surface area contributed by atoms with Crippen LogP contribution in [-0.2, 0) is 25.7 Å². The van der Waals surface area contributed by atoms with Crippen molar-refractivity contribution < 1.29 is 23.7 Å². The molecule has 35 heavy (non-hydrogen) atoms. The van der Waals surface area contributed by atoms with Crippen LogP contribution in [0.25, 0.3) is 22.5 Å². The van der Waals surface area contributed by atoms with Crippen molar-refractivity contribution in [1.29, 1.82) is 0 Å². The van der Waals surface area contributed by atoms with Crippen LogP contribution in [-0.4, -0.2) is 44.7 Å². The molecule has 1 unspecified atom stereocenters. The third-order valence-corrected chi connectivity index (χ3v) is 5.88. The maximum absolute atomic E-state index is 12.7. The standard InChI is InChI=1S/C25H21N5O5/c1-14-5-7-15(8-6-14)16-3-2-4-17(11-16)23-28-21(35-29-23)13-26-18-12-22(32)30(25(18)34)19-9-10-20(31)27-24(19)33/h2-8,11-12,19,26H,9-10,13H2,1H3,(H,27,31,33). The molecule has 1 atom stereocenters. The summed E-state index contributed by atoms with van der Waals surface area (Å²) in [7, 11) is 0. The average Bonchev–Trinajstić information content (AvgIpc) is 3.43. The summed E-state index contributed by atoms with van der Waals surface area (Å²) in [5.74, 6) is -1.73. The van der Waals surface area contributed by atoms with Gasteiger partial charge in [0.25, 0.3) is 11.8 Å². The van der Waals surface area contributed by atoms with Crippen LogP contribution in [0.1, 0.15) is 24.3 Å². The van der Waals surface area contributed by atoms with Crippen LogP contribution in [0.3, 0.4) is 0 Å². The second-order valence-electron chi connectivity index (χ2n) is 8.35.